The zero-order chi connectivity index (χ0) is 19.4. The number of alkyl halides is 3. The summed E-state index contributed by atoms with van der Waals surface area (Å²) in [5.74, 6) is -1.82. The third-order valence-corrected chi connectivity index (χ3v) is 3.32. The Bertz CT molecular complexity index is 937. The summed E-state index contributed by atoms with van der Waals surface area (Å²) in [6.45, 7) is -0.716. The Morgan fingerprint density at radius 3 is 2.70 bits per heavy atom. The second kappa shape index (κ2) is 7.32. The Balaban J connectivity index is 1.77. The number of carbonyl (C=O) groups is 2. The number of carbonyl (C=O) groups excluding carboxylic acids is 2. The first-order valence-electron chi connectivity index (χ1n) is 7.41. The van der Waals surface area contributed by atoms with E-state index < -0.39 is 30.2 Å². The molecule has 11 heteroatoms. The molecule has 2 aromatic heterocycles. The summed E-state index contributed by atoms with van der Waals surface area (Å²) in [5, 5.41) is 6.11. The molecule has 140 valence electrons. The number of nitrogens with one attached hydrogen (secondary N) is 1. The van der Waals surface area contributed by atoms with E-state index in [1.165, 1.54) is 35.7 Å². The van der Waals surface area contributed by atoms with E-state index in [9.17, 15) is 22.8 Å². The molecular weight excluding hydrogens is 369 g/mol. The number of anilines is 1. The number of benzene rings is 1. The van der Waals surface area contributed by atoms with E-state index in [0.717, 1.165) is 18.2 Å². The molecule has 0 spiro atoms. The lowest BCUT2D eigenvalue weighted by atomic mass is 10.1. The Morgan fingerprint density at radius 2 is 2.07 bits per heavy atom. The van der Waals surface area contributed by atoms with Crippen molar-refractivity contribution in [3.05, 3.63) is 60.6 Å². The van der Waals surface area contributed by atoms with Gasteiger partial charge in [-0.3, -0.25) is 4.79 Å². The summed E-state index contributed by atoms with van der Waals surface area (Å²) >= 11 is 0. The summed E-state index contributed by atoms with van der Waals surface area (Å²) in [6.07, 6.45) is -0.903. The SMILES string of the molecule is O=C(COC(=O)c1ccco1)Nc1cc(C(F)(F)F)ccc1-n1cncn1. The highest BCUT2D eigenvalue weighted by Crippen LogP contribution is 2.33. The fraction of sp³-hybridized carbons (Fsp3) is 0.125. The second-order valence-electron chi connectivity index (χ2n) is 5.17. The van der Waals surface area contributed by atoms with Gasteiger partial charge in [-0.15, -0.1) is 0 Å². The predicted octanol–water partition coefficient (Wildman–Crippen LogP) is 2.67. The predicted molar refractivity (Wildman–Crippen MR) is 84.0 cm³/mol. The third-order valence-electron chi connectivity index (χ3n) is 3.32. The molecule has 3 rings (SSSR count). The number of furan rings is 1. The number of halogens is 3. The van der Waals surface area contributed by atoms with Crippen LogP contribution in [-0.4, -0.2) is 33.2 Å². The van der Waals surface area contributed by atoms with Crippen LogP contribution < -0.4 is 5.32 Å². The quantitative estimate of drug-likeness (QED) is 0.684. The summed E-state index contributed by atoms with van der Waals surface area (Å²) in [5.41, 5.74) is -0.977. The number of rotatable bonds is 5. The van der Waals surface area contributed by atoms with Gasteiger partial charge in [0.15, 0.2) is 6.61 Å². The number of amides is 1. The van der Waals surface area contributed by atoms with Gasteiger partial charge >= 0.3 is 12.1 Å². The van der Waals surface area contributed by atoms with Crippen molar-refractivity contribution in [2.75, 3.05) is 11.9 Å². The third kappa shape index (κ3) is 4.32. The van der Waals surface area contributed by atoms with E-state index in [0.29, 0.717) is 0 Å². The Morgan fingerprint density at radius 1 is 1.26 bits per heavy atom. The monoisotopic (exact) mass is 380 g/mol. The highest BCUT2D eigenvalue weighted by atomic mass is 19.4. The number of ether oxygens (including phenoxy) is 1. The maximum atomic E-state index is 13.0. The molecule has 0 bridgehead atoms. The van der Waals surface area contributed by atoms with Crippen LogP contribution in [0.15, 0.2) is 53.7 Å². The first kappa shape index (κ1) is 18.2. The van der Waals surface area contributed by atoms with Crippen LogP contribution in [-0.2, 0) is 15.7 Å². The van der Waals surface area contributed by atoms with Crippen LogP contribution >= 0.6 is 0 Å². The number of esters is 1. The summed E-state index contributed by atoms with van der Waals surface area (Å²) in [4.78, 5) is 27.4. The smallest absolute Gasteiger partial charge is 0.416 e. The van der Waals surface area contributed by atoms with Gasteiger partial charge in [0, 0.05) is 0 Å². The van der Waals surface area contributed by atoms with Gasteiger partial charge in [0.1, 0.15) is 12.7 Å². The van der Waals surface area contributed by atoms with Crippen LogP contribution in [0.25, 0.3) is 5.69 Å². The van der Waals surface area contributed by atoms with Crippen molar-refractivity contribution in [2.45, 2.75) is 6.18 Å². The van der Waals surface area contributed by atoms with Crippen molar-refractivity contribution in [1.82, 2.24) is 14.8 Å². The van der Waals surface area contributed by atoms with Crippen LogP contribution in [0.4, 0.5) is 18.9 Å². The lowest BCUT2D eigenvalue weighted by Gasteiger charge is -2.14. The Hall–Kier alpha value is -3.63. The van der Waals surface area contributed by atoms with Crippen molar-refractivity contribution in [2.24, 2.45) is 0 Å². The normalized spacial score (nSPS) is 11.2. The molecule has 1 N–H and O–H groups in total. The Labute approximate surface area is 149 Å². The number of aromatic nitrogens is 3. The van der Waals surface area contributed by atoms with Gasteiger partial charge < -0.3 is 14.5 Å². The van der Waals surface area contributed by atoms with Gasteiger partial charge in [0.2, 0.25) is 5.76 Å². The van der Waals surface area contributed by atoms with Crippen LogP contribution in [0.3, 0.4) is 0 Å². The molecule has 0 unspecified atom stereocenters. The van der Waals surface area contributed by atoms with Crippen molar-refractivity contribution < 1.29 is 31.9 Å². The van der Waals surface area contributed by atoms with Crippen LogP contribution in [0.2, 0.25) is 0 Å². The fourth-order valence-corrected chi connectivity index (χ4v) is 2.13. The molecule has 0 aliphatic carbocycles. The molecular formula is C16H11F3N4O4. The average Bonchev–Trinajstić information content (AvgIpc) is 3.32. The Kier molecular flexibility index (Phi) is 4.92. The number of hydrogen-bond donors (Lipinski definition) is 1. The minimum Gasteiger partial charge on any atom is -0.457 e. The zero-order valence-electron chi connectivity index (χ0n) is 13.4. The highest BCUT2D eigenvalue weighted by Gasteiger charge is 2.31. The van der Waals surface area contributed by atoms with Gasteiger partial charge in [-0.25, -0.2) is 14.5 Å². The van der Waals surface area contributed by atoms with Gasteiger partial charge in [-0.1, -0.05) is 0 Å². The molecule has 3 aromatic rings. The lowest BCUT2D eigenvalue weighted by Crippen LogP contribution is -2.22. The minimum atomic E-state index is -4.61. The molecule has 0 radical (unpaired) electrons. The average molecular weight is 380 g/mol. The molecule has 0 saturated heterocycles. The van der Waals surface area contributed by atoms with E-state index >= 15 is 0 Å². The second-order valence-corrected chi connectivity index (χ2v) is 5.17. The van der Waals surface area contributed by atoms with Crippen LogP contribution in [0.1, 0.15) is 16.1 Å². The maximum absolute atomic E-state index is 13.0. The summed E-state index contributed by atoms with van der Waals surface area (Å²) < 4.78 is 49.6. The van der Waals surface area contributed by atoms with Crippen LogP contribution in [0.5, 0.6) is 0 Å². The van der Waals surface area contributed by atoms with E-state index in [-0.39, 0.29) is 17.1 Å². The van der Waals surface area contributed by atoms with Crippen molar-refractivity contribution in [3.63, 3.8) is 0 Å². The zero-order valence-corrected chi connectivity index (χ0v) is 13.4. The first-order chi connectivity index (χ1) is 12.8. The molecule has 0 aliphatic rings. The van der Waals surface area contributed by atoms with Gasteiger partial charge in [-0.05, 0) is 30.3 Å². The molecule has 0 saturated carbocycles. The van der Waals surface area contributed by atoms with Crippen LogP contribution in [0, 0.1) is 0 Å². The standard InChI is InChI=1S/C16H11F3N4O4/c17-16(18,19)10-3-4-12(23-9-20-8-21-23)11(6-10)22-14(24)7-27-15(25)13-2-1-5-26-13/h1-6,8-9H,7H2,(H,22,24). The van der Waals surface area contributed by atoms with E-state index in [1.54, 1.807) is 0 Å². The molecule has 1 amide bonds. The fourth-order valence-electron chi connectivity index (χ4n) is 2.13. The molecule has 27 heavy (non-hydrogen) atoms. The largest absolute Gasteiger partial charge is 0.457 e. The molecule has 8 nitrogen and oxygen atoms in total. The summed E-state index contributed by atoms with van der Waals surface area (Å²) in [6, 6.07) is 5.55. The molecule has 0 fully saturated rings. The summed E-state index contributed by atoms with van der Waals surface area (Å²) in [7, 11) is 0. The molecule has 2 heterocycles. The van der Waals surface area contributed by atoms with Gasteiger partial charge in [0.25, 0.3) is 5.91 Å². The minimum absolute atomic E-state index is 0.106. The van der Waals surface area contributed by atoms with Gasteiger partial charge in [0.05, 0.1) is 23.2 Å². The number of hydrogen-bond acceptors (Lipinski definition) is 6. The van der Waals surface area contributed by atoms with Crippen molar-refractivity contribution in [1.29, 1.82) is 0 Å². The maximum Gasteiger partial charge on any atom is 0.416 e. The topological polar surface area (TPSA) is 99.2 Å². The van der Waals surface area contributed by atoms with E-state index in [2.05, 4.69) is 15.4 Å². The molecule has 0 aliphatic heterocycles. The molecule has 0 atom stereocenters. The van der Waals surface area contributed by atoms with Crippen molar-refractivity contribution in [3.8, 4) is 5.69 Å². The van der Waals surface area contributed by atoms with E-state index in [4.69, 9.17) is 9.15 Å². The van der Waals surface area contributed by atoms with Gasteiger partial charge in [-0.2, -0.15) is 18.3 Å². The van der Waals surface area contributed by atoms with Crippen molar-refractivity contribution >= 4 is 17.6 Å². The first-order valence-corrected chi connectivity index (χ1v) is 7.41. The highest BCUT2D eigenvalue weighted by molar-refractivity contribution is 5.96. The lowest BCUT2D eigenvalue weighted by molar-refractivity contribution is -0.137. The molecule has 1 aromatic carbocycles. The van der Waals surface area contributed by atoms with E-state index in [1.807, 2.05) is 0 Å². The number of nitrogens with zero attached hydrogens (tertiary/aromatic N) is 3.